The SMILES string of the molecule is CCN1CCC(N(C)c2nccc(C(=O)OC)c2N)CC1. The predicted molar refractivity (Wildman–Crippen MR) is 83.5 cm³/mol. The largest absolute Gasteiger partial charge is 0.465 e. The van der Waals surface area contributed by atoms with Crippen molar-refractivity contribution in [1.82, 2.24) is 9.88 Å². The molecular formula is C15H24N4O2. The number of methoxy groups -OCH3 is 1. The van der Waals surface area contributed by atoms with Crippen molar-refractivity contribution in [2.45, 2.75) is 25.8 Å². The fourth-order valence-electron chi connectivity index (χ4n) is 2.83. The number of nitrogens with zero attached hydrogens (tertiary/aromatic N) is 3. The summed E-state index contributed by atoms with van der Waals surface area (Å²) in [6.45, 7) is 5.45. The molecule has 2 heterocycles. The van der Waals surface area contributed by atoms with Crippen LogP contribution in [0.5, 0.6) is 0 Å². The standard InChI is InChI=1S/C15H24N4O2/c1-4-19-9-6-11(7-10-19)18(2)14-13(16)12(5-8-17-14)15(20)21-3/h5,8,11H,4,6-7,9-10,16H2,1-3H3. The third kappa shape index (κ3) is 3.26. The molecule has 0 radical (unpaired) electrons. The summed E-state index contributed by atoms with van der Waals surface area (Å²) in [4.78, 5) is 20.6. The third-order valence-electron chi connectivity index (χ3n) is 4.26. The quantitative estimate of drug-likeness (QED) is 0.845. The summed E-state index contributed by atoms with van der Waals surface area (Å²) in [5, 5.41) is 0. The number of pyridine rings is 1. The lowest BCUT2D eigenvalue weighted by molar-refractivity contribution is 0.0602. The topological polar surface area (TPSA) is 71.7 Å². The number of nitrogens with two attached hydrogens (primary N) is 1. The van der Waals surface area contributed by atoms with Crippen LogP contribution in [0.25, 0.3) is 0 Å². The Hall–Kier alpha value is -1.82. The summed E-state index contributed by atoms with van der Waals surface area (Å²) in [6.07, 6.45) is 3.76. The lowest BCUT2D eigenvalue weighted by atomic mass is 10.0. The van der Waals surface area contributed by atoms with Gasteiger partial charge in [0.2, 0.25) is 0 Å². The number of hydrogen-bond donors (Lipinski definition) is 1. The first kappa shape index (κ1) is 15.6. The van der Waals surface area contributed by atoms with E-state index in [1.807, 2.05) is 7.05 Å². The van der Waals surface area contributed by atoms with E-state index >= 15 is 0 Å². The molecule has 1 aromatic rings. The molecule has 116 valence electrons. The minimum Gasteiger partial charge on any atom is -0.465 e. The molecule has 0 atom stereocenters. The van der Waals surface area contributed by atoms with Crippen molar-refractivity contribution in [3.8, 4) is 0 Å². The molecule has 0 unspecified atom stereocenters. The fraction of sp³-hybridized carbons (Fsp3) is 0.600. The van der Waals surface area contributed by atoms with Gasteiger partial charge in [0.1, 0.15) is 0 Å². The molecule has 6 heteroatoms. The number of aromatic nitrogens is 1. The number of piperidine rings is 1. The van der Waals surface area contributed by atoms with E-state index in [1.165, 1.54) is 7.11 Å². The molecule has 0 saturated carbocycles. The summed E-state index contributed by atoms with van der Waals surface area (Å²) >= 11 is 0. The van der Waals surface area contributed by atoms with Crippen LogP contribution >= 0.6 is 0 Å². The highest BCUT2D eigenvalue weighted by atomic mass is 16.5. The van der Waals surface area contributed by atoms with Crippen LogP contribution in [-0.2, 0) is 4.74 Å². The maximum absolute atomic E-state index is 11.7. The van der Waals surface area contributed by atoms with E-state index in [1.54, 1.807) is 12.3 Å². The van der Waals surface area contributed by atoms with Crippen molar-refractivity contribution in [3.63, 3.8) is 0 Å². The normalized spacial score (nSPS) is 16.7. The summed E-state index contributed by atoms with van der Waals surface area (Å²) in [5.41, 5.74) is 6.87. The Balaban J connectivity index is 2.16. The number of likely N-dealkylation sites (tertiary alicyclic amines) is 1. The summed E-state index contributed by atoms with van der Waals surface area (Å²) < 4.78 is 4.75. The molecule has 1 aliphatic heterocycles. The molecule has 1 saturated heterocycles. The number of ether oxygens (including phenoxy) is 1. The van der Waals surface area contributed by atoms with Gasteiger partial charge in [-0.15, -0.1) is 0 Å². The maximum Gasteiger partial charge on any atom is 0.340 e. The van der Waals surface area contributed by atoms with Gasteiger partial charge in [-0.25, -0.2) is 9.78 Å². The van der Waals surface area contributed by atoms with E-state index in [4.69, 9.17) is 10.5 Å². The highest BCUT2D eigenvalue weighted by molar-refractivity contribution is 5.97. The van der Waals surface area contributed by atoms with Crippen molar-refractivity contribution in [1.29, 1.82) is 0 Å². The maximum atomic E-state index is 11.7. The predicted octanol–water partition coefficient (Wildman–Crippen LogP) is 1.37. The molecule has 2 N–H and O–H groups in total. The van der Waals surface area contributed by atoms with Gasteiger partial charge >= 0.3 is 5.97 Å². The molecule has 0 aromatic carbocycles. The van der Waals surface area contributed by atoms with E-state index in [2.05, 4.69) is 21.7 Å². The van der Waals surface area contributed by atoms with E-state index < -0.39 is 5.97 Å². The number of hydrogen-bond acceptors (Lipinski definition) is 6. The Bertz CT molecular complexity index is 498. The Labute approximate surface area is 125 Å². The summed E-state index contributed by atoms with van der Waals surface area (Å²) in [5.74, 6) is 0.234. The van der Waals surface area contributed by atoms with E-state index in [9.17, 15) is 4.79 Å². The smallest absolute Gasteiger partial charge is 0.340 e. The number of esters is 1. The number of nitrogen functional groups attached to an aromatic ring is 1. The zero-order valence-electron chi connectivity index (χ0n) is 13.0. The van der Waals surface area contributed by atoms with Crippen LogP contribution in [-0.4, -0.2) is 55.7 Å². The fourth-order valence-corrected chi connectivity index (χ4v) is 2.83. The average Bonchev–Trinajstić information content (AvgIpc) is 2.54. The van der Waals surface area contributed by atoms with Gasteiger partial charge in [-0.05, 0) is 25.5 Å². The van der Waals surface area contributed by atoms with E-state index in [0.29, 0.717) is 23.1 Å². The van der Waals surface area contributed by atoms with Crippen LogP contribution in [0, 0.1) is 0 Å². The molecule has 1 aromatic heterocycles. The van der Waals surface area contributed by atoms with Crippen molar-refractivity contribution in [3.05, 3.63) is 17.8 Å². The van der Waals surface area contributed by atoms with Crippen LogP contribution in [0.1, 0.15) is 30.1 Å². The number of carbonyl (C=O) groups excluding carboxylic acids is 1. The van der Waals surface area contributed by atoms with Gasteiger partial charge in [-0.2, -0.15) is 0 Å². The van der Waals surface area contributed by atoms with E-state index in [0.717, 1.165) is 32.5 Å². The molecule has 0 amide bonds. The molecule has 1 aliphatic rings. The Kier molecular flexibility index (Phi) is 5.01. The van der Waals surface area contributed by atoms with Crippen LogP contribution in [0.4, 0.5) is 11.5 Å². The van der Waals surface area contributed by atoms with Gasteiger partial charge < -0.3 is 20.3 Å². The first-order chi connectivity index (χ1) is 10.1. The lowest BCUT2D eigenvalue weighted by Crippen LogP contribution is -2.43. The van der Waals surface area contributed by atoms with E-state index in [-0.39, 0.29) is 0 Å². The minimum atomic E-state index is -0.426. The molecule has 6 nitrogen and oxygen atoms in total. The van der Waals surface area contributed by atoms with Gasteiger partial charge in [0, 0.05) is 32.4 Å². The molecule has 0 aliphatic carbocycles. The lowest BCUT2D eigenvalue weighted by Gasteiger charge is -2.37. The monoisotopic (exact) mass is 292 g/mol. The van der Waals surface area contributed by atoms with Crippen molar-refractivity contribution >= 4 is 17.5 Å². The van der Waals surface area contributed by atoms with Crippen LogP contribution < -0.4 is 10.6 Å². The highest BCUT2D eigenvalue weighted by Gasteiger charge is 2.25. The third-order valence-corrected chi connectivity index (χ3v) is 4.26. The molecule has 0 spiro atoms. The molecule has 21 heavy (non-hydrogen) atoms. The van der Waals surface area contributed by atoms with Gasteiger partial charge in [-0.1, -0.05) is 6.92 Å². The highest BCUT2D eigenvalue weighted by Crippen LogP contribution is 2.28. The van der Waals surface area contributed by atoms with Crippen LogP contribution in [0.15, 0.2) is 12.3 Å². The first-order valence-corrected chi connectivity index (χ1v) is 7.36. The first-order valence-electron chi connectivity index (χ1n) is 7.36. The Morgan fingerprint density at radius 1 is 1.52 bits per heavy atom. The molecule has 2 rings (SSSR count). The average molecular weight is 292 g/mol. The summed E-state index contributed by atoms with van der Waals surface area (Å²) in [7, 11) is 3.35. The second kappa shape index (κ2) is 6.76. The molecular weight excluding hydrogens is 268 g/mol. The van der Waals surface area contributed by atoms with Gasteiger partial charge in [0.05, 0.1) is 18.4 Å². The minimum absolute atomic E-state index is 0.375. The molecule has 1 fully saturated rings. The zero-order valence-corrected chi connectivity index (χ0v) is 13.0. The van der Waals surface area contributed by atoms with Crippen LogP contribution in [0.3, 0.4) is 0 Å². The van der Waals surface area contributed by atoms with Crippen LogP contribution in [0.2, 0.25) is 0 Å². The second-order valence-electron chi connectivity index (χ2n) is 5.36. The Morgan fingerprint density at radius 3 is 2.76 bits per heavy atom. The second-order valence-corrected chi connectivity index (χ2v) is 5.36. The number of carbonyl (C=O) groups is 1. The van der Waals surface area contributed by atoms with Crippen molar-refractivity contribution < 1.29 is 9.53 Å². The van der Waals surface area contributed by atoms with Gasteiger partial charge in [-0.3, -0.25) is 0 Å². The number of anilines is 2. The van der Waals surface area contributed by atoms with Gasteiger partial charge in [0.25, 0.3) is 0 Å². The van der Waals surface area contributed by atoms with Crippen molar-refractivity contribution in [2.75, 3.05) is 44.4 Å². The summed E-state index contributed by atoms with van der Waals surface area (Å²) in [6, 6.07) is 1.99. The zero-order chi connectivity index (χ0) is 15.4. The number of rotatable bonds is 4. The Morgan fingerprint density at radius 2 is 2.19 bits per heavy atom. The van der Waals surface area contributed by atoms with Crippen molar-refractivity contribution in [2.24, 2.45) is 0 Å². The van der Waals surface area contributed by atoms with Gasteiger partial charge in [0.15, 0.2) is 5.82 Å². The molecule has 0 bridgehead atoms.